The number of hydrogen-bond acceptors (Lipinski definition) is 3. The molecular weight excluding hydrogens is 178 g/mol. The normalized spacial score (nSPS) is 10.0. The molecule has 14 heavy (non-hydrogen) atoms. The summed E-state index contributed by atoms with van der Waals surface area (Å²) >= 11 is 0. The van der Waals surface area contributed by atoms with Crippen molar-refractivity contribution in [2.45, 2.75) is 6.92 Å². The molecule has 70 valence electrons. The molecule has 0 radical (unpaired) electrons. The van der Waals surface area contributed by atoms with Crippen LogP contribution in [0.2, 0.25) is 0 Å². The lowest BCUT2D eigenvalue weighted by Gasteiger charge is -1.98. The Labute approximate surface area is 81.9 Å². The first kappa shape index (κ1) is 10.0. The average molecular weight is 187 g/mol. The first-order chi connectivity index (χ1) is 6.63. The van der Waals surface area contributed by atoms with Crippen molar-refractivity contribution in [1.82, 2.24) is 0 Å². The molecule has 0 bridgehead atoms. The molecule has 0 atom stereocenters. The second-order valence-corrected chi connectivity index (χ2v) is 2.83. The van der Waals surface area contributed by atoms with Crippen LogP contribution in [0.5, 0.6) is 5.75 Å². The van der Waals surface area contributed by atoms with Crippen LogP contribution in [0.3, 0.4) is 0 Å². The van der Waals surface area contributed by atoms with Crippen LogP contribution in [-0.4, -0.2) is 10.9 Å². The van der Waals surface area contributed by atoms with Gasteiger partial charge in [0.1, 0.15) is 5.75 Å². The van der Waals surface area contributed by atoms with E-state index in [2.05, 4.69) is 0 Å². The number of carbonyl (C=O) groups excluding carboxylic acids is 1. The zero-order valence-corrected chi connectivity index (χ0v) is 7.69. The Balaban J connectivity index is 3.08. The van der Waals surface area contributed by atoms with Gasteiger partial charge in [-0.15, -0.1) is 0 Å². The molecular formula is C11H9NO2. The molecule has 0 aliphatic rings. The fourth-order valence-corrected chi connectivity index (χ4v) is 0.965. The number of phenols is 1. The molecule has 0 fully saturated rings. The number of phenolic OH excluding ortho intramolecular Hbond substituents is 1. The van der Waals surface area contributed by atoms with E-state index in [-0.39, 0.29) is 11.5 Å². The summed E-state index contributed by atoms with van der Waals surface area (Å²) in [5, 5.41) is 18.0. The maximum atomic E-state index is 10.6. The maximum absolute atomic E-state index is 10.6. The van der Waals surface area contributed by atoms with Crippen LogP contribution >= 0.6 is 0 Å². The Morgan fingerprint density at radius 1 is 1.57 bits per heavy atom. The molecule has 0 aliphatic carbocycles. The van der Waals surface area contributed by atoms with Gasteiger partial charge in [-0.25, -0.2) is 0 Å². The number of nitriles is 1. The fraction of sp³-hybridized carbons (Fsp3) is 0.0909. The number of ketones is 1. The molecule has 3 nitrogen and oxygen atoms in total. The summed E-state index contributed by atoms with van der Waals surface area (Å²) in [5.41, 5.74) is 0.922. The van der Waals surface area contributed by atoms with E-state index in [4.69, 9.17) is 5.26 Å². The molecule has 0 unspecified atom stereocenters. The van der Waals surface area contributed by atoms with Crippen molar-refractivity contribution in [3.63, 3.8) is 0 Å². The molecule has 1 aromatic carbocycles. The summed E-state index contributed by atoms with van der Waals surface area (Å²) in [6.45, 7) is 1.42. The van der Waals surface area contributed by atoms with Gasteiger partial charge in [-0.1, -0.05) is 0 Å². The van der Waals surface area contributed by atoms with E-state index in [1.54, 1.807) is 0 Å². The number of hydrogen-bond donors (Lipinski definition) is 1. The topological polar surface area (TPSA) is 61.1 Å². The highest BCUT2D eigenvalue weighted by atomic mass is 16.3. The maximum Gasteiger partial charge on any atom is 0.152 e. The molecule has 1 rings (SSSR count). The number of allylic oxidation sites excluding steroid dienone is 1. The van der Waals surface area contributed by atoms with Crippen molar-refractivity contribution < 1.29 is 9.90 Å². The lowest BCUT2D eigenvalue weighted by Crippen LogP contribution is -1.82. The minimum absolute atomic E-state index is 0.0569. The third-order valence-corrected chi connectivity index (χ3v) is 1.65. The molecule has 0 heterocycles. The summed E-state index contributed by atoms with van der Waals surface area (Å²) in [4.78, 5) is 10.6. The zero-order chi connectivity index (χ0) is 10.6. The van der Waals surface area contributed by atoms with Crippen molar-refractivity contribution in [3.8, 4) is 11.8 Å². The Morgan fingerprint density at radius 2 is 2.29 bits per heavy atom. The largest absolute Gasteiger partial charge is 0.507 e. The highest BCUT2D eigenvalue weighted by Crippen LogP contribution is 2.19. The van der Waals surface area contributed by atoms with Gasteiger partial charge >= 0.3 is 0 Å². The molecule has 0 amide bonds. The zero-order valence-electron chi connectivity index (χ0n) is 7.69. The van der Waals surface area contributed by atoms with E-state index in [1.807, 2.05) is 6.07 Å². The minimum Gasteiger partial charge on any atom is -0.507 e. The number of rotatable bonds is 2. The first-order valence-electron chi connectivity index (χ1n) is 4.05. The molecule has 0 aromatic heterocycles. The van der Waals surface area contributed by atoms with Gasteiger partial charge < -0.3 is 5.11 Å². The van der Waals surface area contributed by atoms with Crippen LogP contribution < -0.4 is 0 Å². The molecule has 1 N–H and O–H groups in total. The predicted octanol–water partition coefficient (Wildman–Crippen LogP) is 1.87. The van der Waals surface area contributed by atoms with Crippen LogP contribution in [0.1, 0.15) is 18.1 Å². The van der Waals surface area contributed by atoms with E-state index >= 15 is 0 Å². The third-order valence-electron chi connectivity index (χ3n) is 1.65. The standard InChI is InChI=1S/C11H9NO2/c1-8(13)2-4-10-6-9(7-12)3-5-11(10)14/h2-6,14H,1H3. The lowest BCUT2D eigenvalue weighted by molar-refractivity contribution is -0.112. The van der Waals surface area contributed by atoms with Gasteiger partial charge in [0, 0.05) is 5.56 Å². The average Bonchev–Trinajstić information content (AvgIpc) is 2.16. The van der Waals surface area contributed by atoms with Gasteiger partial charge in [-0.2, -0.15) is 5.26 Å². The van der Waals surface area contributed by atoms with Gasteiger partial charge in [-0.05, 0) is 37.3 Å². The fourth-order valence-electron chi connectivity index (χ4n) is 0.965. The van der Waals surface area contributed by atoms with Crippen molar-refractivity contribution >= 4 is 11.9 Å². The Bertz CT molecular complexity index is 427. The molecule has 0 saturated heterocycles. The summed E-state index contributed by atoms with van der Waals surface area (Å²) in [7, 11) is 0. The van der Waals surface area contributed by atoms with Gasteiger partial charge in [-0.3, -0.25) is 4.79 Å². The van der Waals surface area contributed by atoms with Crippen molar-refractivity contribution in [2.24, 2.45) is 0 Å². The van der Waals surface area contributed by atoms with Crippen molar-refractivity contribution in [2.75, 3.05) is 0 Å². The lowest BCUT2D eigenvalue weighted by atomic mass is 10.1. The quantitative estimate of drug-likeness (QED) is 0.719. The van der Waals surface area contributed by atoms with Crippen LogP contribution in [0.4, 0.5) is 0 Å². The van der Waals surface area contributed by atoms with E-state index in [1.165, 1.54) is 37.3 Å². The molecule has 0 saturated carbocycles. The number of carbonyl (C=O) groups is 1. The first-order valence-corrected chi connectivity index (χ1v) is 4.05. The summed E-state index contributed by atoms with van der Waals surface area (Å²) in [5.74, 6) is -0.0479. The van der Waals surface area contributed by atoms with Gasteiger partial charge in [0.15, 0.2) is 5.78 Å². The van der Waals surface area contributed by atoms with Gasteiger partial charge in [0.25, 0.3) is 0 Å². The van der Waals surface area contributed by atoms with Crippen molar-refractivity contribution in [3.05, 3.63) is 35.4 Å². The molecule has 0 aliphatic heterocycles. The van der Waals surface area contributed by atoms with Gasteiger partial charge in [0.05, 0.1) is 11.6 Å². The molecule has 1 aromatic rings. The monoisotopic (exact) mass is 187 g/mol. The third kappa shape index (κ3) is 2.46. The van der Waals surface area contributed by atoms with Crippen LogP contribution in [0.15, 0.2) is 24.3 Å². The van der Waals surface area contributed by atoms with Crippen molar-refractivity contribution in [1.29, 1.82) is 5.26 Å². The second-order valence-electron chi connectivity index (χ2n) is 2.83. The van der Waals surface area contributed by atoms with E-state index in [0.717, 1.165) is 0 Å². The molecule has 3 heteroatoms. The Hall–Kier alpha value is -2.08. The highest BCUT2D eigenvalue weighted by molar-refractivity contribution is 5.91. The number of aromatic hydroxyl groups is 1. The SMILES string of the molecule is CC(=O)C=Cc1cc(C#N)ccc1O. The minimum atomic E-state index is -0.105. The Morgan fingerprint density at radius 3 is 2.86 bits per heavy atom. The molecule has 0 spiro atoms. The second kappa shape index (κ2) is 4.24. The van der Waals surface area contributed by atoms with Gasteiger partial charge in [0.2, 0.25) is 0 Å². The summed E-state index contributed by atoms with van der Waals surface area (Å²) in [6, 6.07) is 6.42. The van der Waals surface area contributed by atoms with E-state index < -0.39 is 0 Å². The highest BCUT2D eigenvalue weighted by Gasteiger charge is 1.98. The van der Waals surface area contributed by atoms with Crippen LogP contribution in [0, 0.1) is 11.3 Å². The van der Waals surface area contributed by atoms with Crippen LogP contribution in [-0.2, 0) is 4.79 Å². The Kier molecular flexibility index (Phi) is 3.03. The smallest absolute Gasteiger partial charge is 0.152 e. The number of benzene rings is 1. The van der Waals surface area contributed by atoms with Crippen LogP contribution in [0.25, 0.3) is 6.08 Å². The predicted molar refractivity (Wildman–Crippen MR) is 52.5 cm³/mol. The number of nitrogens with zero attached hydrogens (tertiary/aromatic N) is 1. The summed E-state index contributed by atoms with van der Waals surface area (Å²) < 4.78 is 0. The summed E-state index contributed by atoms with van der Waals surface area (Å²) in [6.07, 6.45) is 2.83. The van der Waals surface area contributed by atoms with E-state index in [9.17, 15) is 9.90 Å². The van der Waals surface area contributed by atoms with E-state index in [0.29, 0.717) is 11.1 Å².